The van der Waals surface area contributed by atoms with Gasteiger partial charge < -0.3 is 9.47 Å². The average molecular weight is 541 g/mol. The van der Waals surface area contributed by atoms with Crippen molar-refractivity contribution in [3.05, 3.63) is 83.9 Å². The number of rotatable bonds is 11. The number of piperidine rings is 1. The third-order valence-electron chi connectivity index (χ3n) is 8.12. The maximum absolute atomic E-state index is 6.08. The fourth-order valence-electron chi connectivity index (χ4n) is 5.89. The molecule has 2 fully saturated rings. The molecule has 4 aromatic rings. The Kier molecular flexibility index (Phi) is 8.79. The summed E-state index contributed by atoms with van der Waals surface area (Å²) in [7, 11) is 0. The number of hydrogen-bond donors (Lipinski definition) is 0. The molecule has 0 unspecified atom stereocenters. The Balaban J connectivity index is 1.12. The van der Waals surface area contributed by atoms with Crippen LogP contribution in [0.1, 0.15) is 43.2 Å². The van der Waals surface area contributed by atoms with Gasteiger partial charge in [0.25, 0.3) is 0 Å². The standard InChI is InChI=1S/C34H40N2O2S/c1-4-18-35(19-5-1)22-24-37-29-14-10-27(11-15-29)26-32-31-8-2-3-9-33(31)39-34(32)28-12-16-30(17-13-28)38-25-23-36-20-6-7-21-36/h2-3,8-17H,1,4-7,18-26H2. The second-order valence-electron chi connectivity index (χ2n) is 10.9. The predicted molar refractivity (Wildman–Crippen MR) is 163 cm³/mol. The van der Waals surface area contributed by atoms with E-state index < -0.39 is 0 Å². The zero-order valence-electron chi connectivity index (χ0n) is 22.9. The Hall–Kier alpha value is -2.86. The van der Waals surface area contributed by atoms with Crippen molar-refractivity contribution in [2.45, 2.75) is 38.5 Å². The molecule has 39 heavy (non-hydrogen) atoms. The first kappa shape index (κ1) is 26.4. The van der Waals surface area contributed by atoms with Gasteiger partial charge in [0.1, 0.15) is 24.7 Å². The van der Waals surface area contributed by atoms with Crippen LogP contribution in [0.5, 0.6) is 11.5 Å². The van der Waals surface area contributed by atoms with Crippen molar-refractivity contribution in [2.75, 3.05) is 52.5 Å². The fourth-order valence-corrected chi connectivity index (χ4v) is 7.12. The molecule has 6 rings (SSSR count). The van der Waals surface area contributed by atoms with Crippen LogP contribution in [0.3, 0.4) is 0 Å². The number of nitrogens with zero attached hydrogens (tertiary/aromatic N) is 2. The lowest BCUT2D eigenvalue weighted by molar-refractivity contribution is 0.183. The van der Waals surface area contributed by atoms with Crippen molar-refractivity contribution >= 4 is 21.4 Å². The molecule has 204 valence electrons. The predicted octanol–water partition coefficient (Wildman–Crippen LogP) is 7.50. The zero-order chi connectivity index (χ0) is 26.3. The minimum atomic E-state index is 0.755. The van der Waals surface area contributed by atoms with Gasteiger partial charge in [-0.1, -0.05) is 36.8 Å². The van der Waals surface area contributed by atoms with Crippen molar-refractivity contribution in [1.29, 1.82) is 0 Å². The summed E-state index contributed by atoms with van der Waals surface area (Å²) in [5.41, 5.74) is 3.97. The van der Waals surface area contributed by atoms with Crippen molar-refractivity contribution in [2.24, 2.45) is 0 Å². The van der Waals surface area contributed by atoms with E-state index in [1.807, 2.05) is 11.3 Å². The average Bonchev–Trinajstić information content (AvgIpc) is 3.63. The first-order valence-corrected chi connectivity index (χ1v) is 15.5. The molecule has 0 radical (unpaired) electrons. The van der Waals surface area contributed by atoms with Gasteiger partial charge in [0.15, 0.2) is 0 Å². The van der Waals surface area contributed by atoms with E-state index in [1.54, 1.807) is 0 Å². The van der Waals surface area contributed by atoms with Gasteiger partial charge >= 0.3 is 0 Å². The summed E-state index contributed by atoms with van der Waals surface area (Å²) < 4.78 is 13.5. The van der Waals surface area contributed by atoms with Gasteiger partial charge in [-0.2, -0.15) is 0 Å². The van der Waals surface area contributed by atoms with E-state index >= 15 is 0 Å². The van der Waals surface area contributed by atoms with Crippen LogP contribution in [-0.2, 0) is 6.42 Å². The van der Waals surface area contributed by atoms with Gasteiger partial charge in [0.05, 0.1) is 0 Å². The normalized spacial score (nSPS) is 16.6. The number of likely N-dealkylation sites (tertiary alicyclic amines) is 2. The monoisotopic (exact) mass is 540 g/mol. The number of thiophene rings is 1. The van der Waals surface area contributed by atoms with E-state index in [9.17, 15) is 0 Å². The third-order valence-corrected chi connectivity index (χ3v) is 9.38. The number of ether oxygens (including phenoxy) is 2. The van der Waals surface area contributed by atoms with Crippen LogP contribution in [-0.4, -0.2) is 62.3 Å². The lowest BCUT2D eigenvalue weighted by atomic mass is 9.99. The van der Waals surface area contributed by atoms with E-state index in [0.29, 0.717) is 0 Å². The molecule has 4 nitrogen and oxygen atoms in total. The zero-order valence-corrected chi connectivity index (χ0v) is 23.8. The first-order chi connectivity index (χ1) is 19.3. The lowest BCUT2D eigenvalue weighted by Gasteiger charge is -2.26. The van der Waals surface area contributed by atoms with Crippen LogP contribution in [0.25, 0.3) is 20.5 Å². The first-order valence-electron chi connectivity index (χ1n) is 14.7. The van der Waals surface area contributed by atoms with E-state index in [1.165, 1.54) is 89.9 Å². The summed E-state index contributed by atoms with van der Waals surface area (Å²) in [6.45, 7) is 8.42. The summed E-state index contributed by atoms with van der Waals surface area (Å²) in [6.07, 6.45) is 7.57. The molecule has 0 N–H and O–H groups in total. The Bertz CT molecular complexity index is 1320. The van der Waals surface area contributed by atoms with Gasteiger partial charge in [-0.05, 0) is 123 Å². The highest BCUT2D eigenvalue weighted by atomic mass is 32.1. The van der Waals surface area contributed by atoms with E-state index in [0.717, 1.165) is 44.2 Å². The molecule has 0 spiro atoms. The van der Waals surface area contributed by atoms with Crippen LogP contribution < -0.4 is 9.47 Å². The smallest absolute Gasteiger partial charge is 0.119 e. The van der Waals surface area contributed by atoms with Crippen LogP contribution in [0.4, 0.5) is 0 Å². The fraction of sp³-hybridized carbons (Fsp3) is 0.412. The summed E-state index contributed by atoms with van der Waals surface area (Å²) in [6, 6.07) is 26.2. The topological polar surface area (TPSA) is 24.9 Å². The number of benzene rings is 3. The second kappa shape index (κ2) is 13.0. The van der Waals surface area contributed by atoms with Gasteiger partial charge in [0.2, 0.25) is 0 Å². The highest BCUT2D eigenvalue weighted by Gasteiger charge is 2.15. The molecule has 3 aromatic carbocycles. The Morgan fingerprint density at radius 3 is 1.82 bits per heavy atom. The second-order valence-corrected chi connectivity index (χ2v) is 12.0. The summed E-state index contributed by atoms with van der Waals surface area (Å²) in [5.74, 6) is 1.92. The number of fused-ring (bicyclic) bond motifs is 1. The molecular weight excluding hydrogens is 500 g/mol. The third kappa shape index (κ3) is 6.84. The molecule has 2 saturated heterocycles. The molecule has 2 aliphatic heterocycles. The SMILES string of the molecule is c1ccc2c(Cc3ccc(OCCN4CCCCC4)cc3)c(-c3ccc(OCCN4CCCC4)cc3)sc2c1. The number of hydrogen-bond acceptors (Lipinski definition) is 5. The van der Waals surface area contributed by atoms with Gasteiger partial charge in [-0.25, -0.2) is 0 Å². The quantitative estimate of drug-likeness (QED) is 0.197. The largest absolute Gasteiger partial charge is 0.492 e. The van der Waals surface area contributed by atoms with Gasteiger partial charge in [0, 0.05) is 22.7 Å². The molecule has 2 aliphatic rings. The Morgan fingerprint density at radius 2 is 1.18 bits per heavy atom. The molecule has 0 atom stereocenters. The molecule has 0 bridgehead atoms. The van der Waals surface area contributed by atoms with Crippen molar-refractivity contribution in [3.8, 4) is 21.9 Å². The Morgan fingerprint density at radius 1 is 0.615 bits per heavy atom. The molecule has 0 amide bonds. The summed E-state index contributed by atoms with van der Waals surface area (Å²) in [5, 5.41) is 1.35. The molecular formula is C34H40N2O2S. The maximum atomic E-state index is 6.08. The van der Waals surface area contributed by atoms with E-state index in [2.05, 4.69) is 82.6 Å². The molecule has 0 saturated carbocycles. The highest BCUT2D eigenvalue weighted by Crippen LogP contribution is 2.40. The van der Waals surface area contributed by atoms with E-state index in [-0.39, 0.29) is 0 Å². The van der Waals surface area contributed by atoms with E-state index in [4.69, 9.17) is 9.47 Å². The van der Waals surface area contributed by atoms with Gasteiger partial charge in [-0.15, -0.1) is 11.3 Å². The summed E-state index contributed by atoms with van der Waals surface area (Å²) in [4.78, 5) is 6.36. The Labute approximate surface area is 237 Å². The van der Waals surface area contributed by atoms with Gasteiger partial charge in [-0.3, -0.25) is 9.80 Å². The molecule has 1 aromatic heterocycles. The van der Waals surface area contributed by atoms with Crippen LogP contribution in [0.2, 0.25) is 0 Å². The van der Waals surface area contributed by atoms with Crippen LogP contribution in [0, 0.1) is 0 Å². The van der Waals surface area contributed by atoms with Crippen molar-refractivity contribution in [1.82, 2.24) is 9.80 Å². The van der Waals surface area contributed by atoms with Crippen LogP contribution >= 0.6 is 11.3 Å². The lowest BCUT2D eigenvalue weighted by Crippen LogP contribution is -2.33. The van der Waals surface area contributed by atoms with Crippen LogP contribution in [0.15, 0.2) is 72.8 Å². The molecule has 5 heteroatoms. The molecule has 0 aliphatic carbocycles. The minimum Gasteiger partial charge on any atom is -0.492 e. The minimum absolute atomic E-state index is 0.755. The maximum Gasteiger partial charge on any atom is 0.119 e. The molecule has 3 heterocycles. The highest BCUT2D eigenvalue weighted by molar-refractivity contribution is 7.22. The summed E-state index contributed by atoms with van der Waals surface area (Å²) >= 11 is 1.89. The van der Waals surface area contributed by atoms with Crippen molar-refractivity contribution < 1.29 is 9.47 Å². The van der Waals surface area contributed by atoms with Crippen molar-refractivity contribution in [3.63, 3.8) is 0 Å².